The van der Waals surface area contributed by atoms with Crippen LogP contribution in [0.3, 0.4) is 0 Å². The quantitative estimate of drug-likeness (QED) is 0.170. The molecule has 0 atom stereocenters. The average molecular weight is 606 g/mol. The summed E-state index contributed by atoms with van der Waals surface area (Å²) in [5.74, 6) is 5.56. The van der Waals surface area contributed by atoms with Gasteiger partial charge in [-0.2, -0.15) is 0 Å². The number of aromatic nitrogens is 2. The molecule has 0 unspecified atom stereocenters. The number of hydrogen-bond donors (Lipinski definition) is 0. The molecule has 3 heteroatoms. The molecule has 3 aromatic carbocycles. The SMILES string of the molecule is [2H]c1c([2H])c([2H])c(C#Cc2cc[c-]c(-c3ccccn3)c2)c([2H])c1[2H].[Ir].[c-]1ccccc1-c1ccccn1. The van der Waals surface area contributed by atoms with Gasteiger partial charge >= 0.3 is 0 Å². The molecule has 1 radical (unpaired) electrons. The third-order valence-electron chi connectivity index (χ3n) is 4.22. The van der Waals surface area contributed by atoms with Gasteiger partial charge in [-0.3, -0.25) is 0 Å². The van der Waals surface area contributed by atoms with E-state index in [4.69, 9.17) is 6.85 Å². The van der Waals surface area contributed by atoms with Gasteiger partial charge in [0.15, 0.2) is 0 Å². The molecule has 161 valence electrons. The maximum atomic E-state index is 7.89. The van der Waals surface area contributed by atoms with E-state index in [9.17, 15) is 0 Å². The first kappa shape index (κ1) is 17.7. The summed E-state index contributed by atoms with van der Waals surface area (Å²) in [6.07, 6.45) is 3.48. The fourth-order valence-corrected chi connectivity index (χ4v) is 2.74. The summed E-state index contributed by atoms with van der Waals surface area (Å²) in [7, 11) is 0. The first-order valence-corrected chi connectivity index (χ1v) is 9.86. The van der Waals surface area contributed by atoms with Crippen molar-refractivity contribution in [2.75, 3.05) is 0 Å². The second-order valence-electron chi connectivity index (χ2n) is 6.45. The van der Waals surface area contributed by atoms with Gasteiger partial charge in [0.25, 0.3) is 0 Å². The van der Waals surface area contributed by atoms with Crippen LogP contribution >= 0.6 is 0 Å². The molecule has 0 fully saturated rings. The molecule has 0 aliphatic rings. The van der Waals surface area contributed by atoms with E-state index in [1.807, 2.05) is 60.7 Å². The standard InChI is InChI=1S/C19H12N.C11H8N.Ir/c1-2-7-16(8-3-1)12-13-17-9-6-10-18(15-17)19-11-4-5-14-20-19;1-2-6-10(7-3-1)11-8-4-5-9-12-11;/h1-9,11,14-15H;1-6,8-9H;/q2*-1;/i1D,2D,3D,7D,8D;;. The van der Waals surface area contributed by atoms with Crippen LogP contribution in [0, 0.1) is 24.0 Å². The van der Waals surface area contributed by atoms with Gasteiger partial charge in [-0.1, -0.05) is 59.8 Å². The number of rotatable bonds is 2. The van der Waals surface area contributed by atoms with Gasteiger partial charge in [-0.25, -0.2) is 0 Å². The van der Waals surface area contributed by atoms with Crippen LogP contribution in [0.25, 0.3) is 22.5 Å². The normalized spacial score (nSPS) is 11.5. The Kier molecular flexibility index (Phi) is 6.91. The predicted molar refractivity (Wildman–Crippen MR) is 129 cm³/mol. The first-order chi connectivity index (χ1) is 18.0. The summed E-state index contributed by atoms with van der Waals surface area (Å²) >= 11 is 0. The van der Waals surface area contributed by atoms with E-state index < -0.39 is 6.04 Å². The molecule has 5 rings (SSSR count). The maximum Gasteiger partial charge on any atom is 0.0636 e. The fraction of sp³-hybridized carbons (Fsp3) is 0. The topological polar surface area (TPSA) is 25.8 Å². The Balaban J connectivity index is 0.000000258. The van der Waals surface area contributed by atoms with Gasteiger partial charge in [-0.15, -0.1) is 65.7 Å². The summed E-state index contributed by atoms with van der Waals surface area (Å²) in [4.78, 5) is 8.48. The average Bonchev–Trinajstić information content (AvgIpc) is 2.97. The van der Waals surface area contributed by atoms with Crippen LogP contribution in [0.5, 0.6) is 0 Å². The van der Waals surface area contributed by atoms with Crippen molar-refractivity contribution in [1.29, 1.82) is 0 Å². The third-order valence-corrected chi connectivity index (χ3v) is 4.22. The minimum Gasteiger partial charge on any atom is -0.305 e. The molecular weight excluding hydrogens is 581 g/mol. The summed E-state index contributed by atoms with van der Waals surface area (Å²) in [5.41, 5.74) is 4.17. The van der Waals surface area contributed by atoms with Crippen molar-refractivity contribution in [1.82, 2.24) is 9.97 Å². The molecule has 2 aromatic heterocycles. The van der Waals surface area contributed by atoms with Crippen LogP contribution < -0.4 is 0 Å². The van der Waals surface area contributed by atoms with Crippen LogP contribution in [-0.2, 0) is 20.1 Å². The Morgan fingerprint density at radius 2 is 1.27 bits per heavy atom. The Hall–Kier alpha value is -3.83. The molecule has 0 N–H and O–H groups in total. The monoisotopic (exact) mass is 606 g/mol. The number of benzene rings is 3. The summed E-state index contributed by atoms with van der Waals surface area (Å²) < 4.78 is 38.7. The van der Waals surface area contributed by atoms with Crippen molar-refractivity contribution < 1.29 is 27.0 Å². The van der Waals surface area contributed by atoms with Gasteiger partial charge in [-0.05, 0) is 35.6 Å². The van der Waals surface area contributed by atoms with Crippen LogP contribution in [-0.4, -0.2) is 9.97 Å². The van der Waals surface area contributed by atoms with Gasteiger partial charge in [0.2, 0.25) is 0 Å². The zero-order valence-corrected chi connectivity index (χ0v) is 19.8. The molecule has 5 aromatic rings. The molecule has 0 aliphatic carbocycles. The van der Waals surface area contributed by atoms with Gasteiger partial charge in [0, 0.05) is 38.1 Å². The Morgan fingerprint density at radius 3 is 1.91 bits per heavy atom. The van der Waals surface area contributed by atoms with Gasteiger partial charge in [0.1, 0.15) is 0 Å². The van der Waals surface area contributed by atoms with Crippen LogP contribution in [0.1, 0.15) is 18.0 Å². The van der Waals surface area contributed by atoms with Crippen molar-refractivity contribution in [3.63, 3.8) is 0 Å². The molecule has 33 heavy (non-hydrogen) atoms. The van der Waals surface area contributed by atoms with Crippen molar-refractivity contribution in [3.05, 3.63) is 145 Å². The molecule has 2 nitrogen and oxygen atoms in total. The Morgan fingerprint density at radius 1 is 0.636 bits per heavy atom. The molecule has 0 saturated heterocycles. The number of pyridine rings is 2. The smallest absolute Gasteiger partial charge is 0.0636 e. The minimum atomic E-state index is -0.424. The van der Waals surface area contributed by atoms with E-state index in [2.05, 4.69) is 33.9 Å². The fourth-order valence-electron chi connectivity index (χ4n) is 2.74. The van der Waals surface area contributed by atoms with E-state index in [-0.39, 0.29) is 49.8 Å². The molecular formula is C30H20IrN2-2. The number of hydrogen-bond acceptors (Lipinski definition) is 2. The summed E-state index contributed by atoms with van der Waals surface area (Å²) in [6, 6.07) is 28.9. The predicted octanol–water partition coefficient (Wildman–Crippen LogP) is 6.49. The summed E-state index contributed by atoms with van der Waals surface area (Å²) in [5, 5.41) is 0. The van der Waals surface area contributed by atoms with Gasteiger partial charge < -0.3 is 9.97 Å². The largest absolute Gasteiger partial charge is 0.305 e. The summed E-state index contributed by atoms with van der Waals surface area (Å²) in [6.45, 7) is 0. The van der Waals surface area contributed by atoms with Crippen molar-refractivity contribution in [2.45, 2.75) is 0 Å². The molecule has 0 saturated carbocycles. The Labute approximate surface area is 215 Å². The van der Waals surface area contributed by atoms with E-state index in [1.165, 1.54) is 0 Å². The second-order valence-corrected chi connectivity index (χ2v) is 6.45. The maximum absolute atomic E-state index is 7.89. The number of nitrogens with zero attached hydrogens (tertiary/aromatic N) is 2. The van der Waals surface area contributed by atoms with E-state index in [1.54, 1.807) is 30.6 Å². The molecule has 2 heterocycles. The van der Waals surface area contributed by atoms with Crippen molar-refractivity contribution in [2.24, 2.45) is 0 Å². The zero-order chi connectivity index (χ0) is 26.2. The molecule has 0 aliphatic heterocycles. The van der Waals surface area contributed by atoms with Crippen LogP contribution in [0.2, 0.25) is 0 Å². The third kappa shape index (κ3) is 7.37. The van der Waals surface area contributed by atoms with Crippen LogP contribution in [0.4, 0.5) is 0 Å². The minimum absolute atomic E-state index is 0. The van der Waals surface area contributed by atoms with Crippen molar-refractivity contribution in [3.8, 4) is 34.4 Å². The molecule has 0 bridgehead atoms. The van der Waals surface area contributed by atoms with E-state index >= 15 is 0 Å². The molecule has 0 amide bonds. The van der Waals surface area contributed by atoms with Gasteiger partial charge in [0.05, 0.1) is 6.85 Å². The second kappa shape index (κ2) is 12.9. The Bertz CT molecular complexity index is 1500. The first-order valence-electron chi connectivity index (χ1n) is 12.4. The van der Waals surface area contributed by atoms with Crippen molar-refractivity contribution >= 4 is 0 Å². The zero-order valence-electron chi connectivity index (χ0n) is 22.4. The molecule has 0 spiro atoms. The van der Waals surface area contributed by atoms with E-state index in [0.717, 1.165) is 22.5 Å². The van der Waals surface area contributed by atoms with E-state index in [0.29, 0.717) is 5.56 Å². The van der Waals surface area contributed by atoms with Crippen LogP contribution in [0.15, 0.2) is 121 Å².